The third kappa shape index (κ3) is 3.81. The molecule has 4 rings (SSSR count). The van der Waals surface area contributed by atoms with Crippen LogP contribution in [0.2, 0.25) is 0 Å². The first kappa shape index (κ1) is 17.6. The van der Waals surface area contributed by atoms with Gasteiger partial charge in [-0.3, -0.25) is 9.59 Å². The van der Waals surface area contributed by atoms with Crippen molar-refractivity contribution in [1.29, 1.82) is 0 Å². The average molecular weight is 370 g/mol. The zero-order chi connectivity index (χ0) is 19.3. The van der Waals surface area contributed by atoms with Crippen LogP contribution in [0.15, 0.2) is 95.0 Å². The third-order valence-electron chi connectivity index (χ3n) is 4.40. The molecule has 0 unspecified atom stereocenters. The Kier molecular flexibility index (Phi) is 4.93. The highest BCUT2D eigenvalue weighted by molar-refractivity contribution is 5.81. The summed E-state index contributed by atoms with van der Waals surface area (Å²) in [6.45, 7) is 0.395. The van der Waals surface area contributed by atoms with Gasteiger partial charge in [0.15, 0.2) is 0 Å². The zero-order valence-electron chi connectivity index (χ0n) is 15.1. The van der Waals surface area contributed by atoms with Crippen LogP contribution in [-0.2, 0) is 17.9 Å². The van der Waals surface area contributed by atoms with Crippen LogP contribution in [0.25, 0.3) is 10.8 Å². The van der Waals surface area contributed by atoms with Gasteiger partial charge in [0.05, 0.1) is 11.6 Å². The van der Waals surface area contributed by atoms with E-state index in [9.17, 15) is 9.59 Å². The number of hydrogen-bond donors (Lipinski definition) is 0. The normalized spacial score (nSPS) is 11.6. The number of benzene rings is 2. The topological polar surface area (TPSA) is 69.2 Å². The first-order valence-corrected chi connectivity index (χ1v) is 8.92. The number of carbonyl (C=O) groups excluding carboxylic acids is 1. The lowest BCUT2D eigenvalue weighted by atomic mass is 10.2. The summed E-state index contributed by atoms with van der Waals surface area (Å²) in [4.78, 5) is 29.2. The quantitative estimate of drug-likeness (QED) is 0.554. The van der Waals surface area contributed by atoms with E-state index >= 15 is 0 Å². The van der Waals surface area contributed by atoms with Gasteiger partial charge in [0.25, 0.3) is 11.5 Å². The highest BCUT2D eigenvalue weighted by atomic mass is 16.2. The summed E-state index contributed by atoms with van der Waals surface area (Å²) in [7, 11) is 0. The minimum atomic E-state index is -0.433. The molecule has 138 valence electrons. The van der Waals surface area contributed by atoms with Gasteiger partial charge in [0.2, 0.25) is 0 Å². The molecule has 6 nitrogen and oxygen atoms in total. The Hall–Kier alpha value is -3.80. The molecule has 2 aromatic heterocycles. The van der Waals surface area contributed by atoms with Crippen LogP contribution in [0.5, 0.6) is 0 Å². The summed E-state index contributed by atoms with van der Waals surface area (Å²) >= 11 is 0. The SMILES string of the molecule is O=C(Cn1ncc2ccccc2c1=O)N=c1ccccn1Cc1ccccc1. The van der Waals surface area contributed by atoms with E-state index in [-0.39, 0.29) is 12.1 Å². The molecule has 2 aromatic carbocycles. The van der Waals surface area contributed by atoms with Crippen molar-refractivity contribution in [3.63, 3.8) is 0 Å². The van der Waals surface area contributed by atoms with Crippen LogP contribution >= 0.6 is 0 Å². The standard InChI is InChI=1S/C22H18N4O2/c27-21(16-26-22(28)19-11-5-4-10-18(19)14-23-26)24-20-12-6-7-13-25(20)15-17-8-2-1-3-9-17/h1-14H,15-16H2. The number of aromatic nitrogens is 3. The molecule has 0 fully saturated rings. The number of nitrogens with zero attached hydrogens (tertiary/aromatic N) is 4. The molecule has 1 amide bonds. The summed E-state index contributed by atoms with van der Waals surface area (Å²) in [5.41, 5.74) is 1.34. The lowest BCUT2D eigenvalue weighted by Crippen LogP contribution is -2.28. The van der Waals surface area contributed by atoms with E-state index in [1.807, 2.05) is 65.4 Å². The maximum absolute atomic E-state index is 12.5. The second-order valence-corrected chi connectivity index (χ2v) is 6.37. The minimum Gasteiger partial charge on any atom is -0.328 e. The minimum absolute atomic E-state index is 0.204. The highest BCUT2D eigenvalue weighted by Gasteiger charge is 2.08. The van der Waals surface area contributed by atoms with E-state index < -0.39 is 5.91 Å². The number of fused-ring (bicyclic) bond motifs is 1. The van der Waals surface area contributed by atoms with Crippen molar-refractivity contribution in [2.24, 2.45) is 4.99 Å². The first-order valence-electron chi connectivity index (χ1n) is 8.92. The van der Waals surface area contributed by atoms with Gasteiger partial charge in [-0.1, -0.05) is 54.6 Å². The summed E-state index contributed by atoms with van der Waals surface area (Å²) in [5.74, 6) is -0.433. The van der Waals surface area contributed by atoms with Crippen molar-refractivity contribution in [3.05, 3.63) is 107 Å². The molecule has 6 heteroatoms. The van der Waals surface area contributed by atoms with Crippen LogP contribution in [0, 0.1) is 0 Å². The molecule has 0 saturated heterocycles. The second-order valence-electron chi connectivity index (χ2n) is 6.37. The fourth-order valence-corrected chi connectivity index (χ4v) is 3.01. The predicted molar refractivity (Wildman–Crippen MR) is 107 cm³/mol. The Bertz CT molecular complexity index is 1260. The predicted octanol–water partition coefficient (Wildman–Crippen LogP) is 2.37. The van der Waals surface area contributed by atoms with Crippen molar-refractivity contribution in [2.45, 2.75) is 13.1 Å². The zero-order valence-corrected chi connectivity index (χ0v) is 15.1. The summed E-state index contributed by atoms with van der Waals surface area (Å²) < 4.78 is 3.04. The molecule has 0 N–H and O–H groups in total. The summed E-state index contributed by atoms with van der Waals surface area (Å²) in [5, 5.41) is 5.37. The van der Waals surface area contributed by atoms with E-state index in [0.29, 0.717) is 17.4 Å². The van der Waals surface area contributed by atoms with Crippen LogP contribution in [-0.4, -0.2) is 20.3 Å². The number of carbonyl (C=O) groups is 1. The Labute approximate surface area is 161 Å². The molecule has 0 atom stereocenters. The van der Waals surface area contributed by atoms with Gasteiger partial charge >= 0.3 is 0 Å². The van der Waals surface area contributed by atoms with Crippen molar-refractivity contribution in [3.8, 4) is 0 Å². The van der Waals surface area contributed by atoms with Gasteiger partial charge in [-0.05, 0) is 23.8 Å². The Morgan fingerprint density at radius 2 is 1.68 bits per heavy atom. The lowest BCUT2D eigenvalue weighted by molar-refractivity contribution is -0.118. The second kappa shape index (κ2) is 7.84. The van der Waals surface area contributed by atoms with Crippen molar-refractivity contribution >= 4 is 16.7 Å². The van der Waals surface area contributed by atoms with Gasteiger partial charge in [-0.2, -0.15) is 10.1 Å². The largest absolute Gasteiger partial charge is 0.328 e. The number of hydrogen-bond acceptors (Lipinski definition) is 3. The van der Waals surface area contributed by atoms with Gasteiger partial charge in [0, 0.05) is 18.1 Å². The Balaban J connectivity index is 1.63. The number of amides is 1. The van der Waals surface area contributed by atoms with E-state index in [0.717, 1.165) is 15.6 Å². The third-order valence-corrected chi connectivity index (χ3v) is 4.40. The fourth-order valence-electron chi connectivity index (χ4n) is 3.01. The monoisotopic (exact) mass is 370 g/mol. The van der Waals surface area contributed by atoms with E-state index in [1.54, 1.807) is 24.4 Å². The van der Waals surface area contributed by atoms with Gasteiger partial charge in [0.1, 0.15) is 12.0 Å². The van der Waals surface area contributed by atoms with E-state index in [4.69, 9.17) is 0 Å². The molecule has 0 aliphatic heterocycles. The van der Waals surface area contributed by atoms with Crippen LogP contribution < -0.4 is 11.0 Å². The summed E-state index contributed by atoms with van der Waals surface area (Å²) in [6, 6.07) is 22.6. The molecular weight excluding hydrogens is 352 g/mol. The summed E-state index contributed by atoms with van der Waals surface area (Å²) in [6.07, 6.45) is 3.46. The number of rotatable bonds is 4. The van der Waals surface area contributed by atoms with Crippen LogP contribution in [0.1, 0.15) is 5.56 Å². The Morgan fingerprint density at radius 1 is 0.929 bits per heavy atom. The lowest BCUT2D eigenvalue weighted by Gasteiger charge is -2.07. The molecule has 2 heterocycles. The fraction of sp³-hybridized carbons (Fsp3) is 0.0909. The van der Waals surface area contributed by atoms with E-state index in [1.165, 1.54) is 0 Å². The average Bonchev–Trinajstić information content (AvgIpc) is 2.72. The Morgan fingerprint density at radius 3 is 2.54 bits per heavy atom. The van der Waals surface area contributed by atoms with Crippen molar-refractivity contribution in [1.82, 2.24) is 14.3 Å². The smallest absolute Gasteiger partial charge is 0.275 e. The molecule has 0 aliphatic rings. The maximum Gasteiger partial charge on any atom is 0.275 e. The molecule has 0 aliphatic carbocycles. The van der Waals surface area contributed by atoms with Gasteiger partial charge in [-0.15, -0.1) is 0 Å². The van der Waals surface area contributed by atoms with Crippen molar-refractivity contribution in [2.75, 3.05) is 0 Å². The van der Waals surface area contributed by atoms with Gasteiger partial charge in [-0.25, -0.2) is 4.68 Å². The molecule has 28 heavy (non-hydrogen) atoms. The van der Waals surface area contributed by atoms with Crippen LogP contribution in [0.3, 0.4) is 0 Å². The van der Waals surface area contributed by atoms with E-state index in [2.05, 4.69) is 10.1 Å². The maximum atomic E-state index is 12.5. The molecular formula is C22H18N4O2. The first-order chi connectivity index (χ1) is 13.7. The molecule has 4 aromatic rings. The number of pyridine rings is 1. The molecule has 0 bridgehead atoms. The highest BCUT2D eigenvalue weighted by Crippen LogP contribution is 2.06. The molecule has 0 radical (unpaired) electrons. The van der Waals surface area contributed by atoms with Crippen LogP contribution in [0.4, 0.5) is 0 Å². The van der Waals surface area contributed by atoms with Crippen molar-refractivity contribution < 1.29 is 4.79 Å². The molecule has 0 spiro atoms. The van der Waals surface area contributed by atoms with Gasteiger partial charge < -0.3 is 4.57 Å². The molecule has 0 saturated carbocycles.